The molecule has 0 fully saturated rings. The highest BCUT2D eigenvalue weighted by Gasteiger charge is 2.17. The summed E-state index contributed by atoms with van der Waals surface area (Å²) in [6.07, 6.45) is 3.24. The zero-order valence-corrected chi connectivity index (χ0v) is 17.0. The maximum atomic E-state index is 13.2. The van der Waals surface area contributed by atoms with Crippen LogP contribution in [0.5, 0.6) is 23.0 Å². The van der Waals surface area contributed by atoms with E-state index in [0.717, 1.165) is 6.42 Å². The van der Waals surface area contributed by atoms with Crippen LogP contribution in [0.3, 0.4) is 0 Å². The third-order valence-corrected chi connectivity index (χ3v) is 4.35. The Morgan fingerprint density at radius 1 is 0.964 bits per heavy atom. The summed E-state index contributed by atoms with van der Waals surface area (Å²) in [4.78, 5) is 13.2. The molecule has 0 heterocycles. The van der Waals surface area contributed by atoms with Gasteiger partial charge in [0.1, 0.15) is 11.5 Å². The Hall–Kier alpha value is -3.15. The molecule has 0 saturated carbocycles. The molecular formula is C22H27NO5. The van der Waals surface area contributed by atoms with E-state index in [9.17, 15) is 4.79 Å². The zero-order valence-electron chi connectivity index (χ0n) is 17.0. The number of anilines is 1. The molecule has 2 N–H and O–H groups in total. The standard InChI is InChI=1S/C22H27NO5/c1-6-7-14(21(24)15-8-9-18(23)19(12-15)26-3)10-16-11-17(25-2)13-20(27-4)22(16)28-5/h8-13H,6-7,23H2,1-5H3/b14-10+. The molecule has 150 valence electrons. The topological polar surface area (TPSA) is 80.0 Å². The van der Waals surface area contributed by atoms with Gasteiger partial charge in [-0.05, 0) is 36.8 Å². The van der Waals surface area contributed by atoms with Crippen LogP contribution in [0, 0.1) is 0 Å². The predicted molar refractivity (Wildman–Crippen MR) is 111 cm³/mol. The van der Waals surface area contributed by atoms with Crippen LogP contribution in [-0.2, 0) is 0 Å². The Morgan fingerprint density at radius 3 is 2.25 bits per heavy atom. The third kappa shape index (κ3) is 4.57. The monoisotopic (exact) mass is 385 g/mol. The molecule has 0 aliphatic carbocycles. The first-order chi connectivity index (χ1) is 13.5. The molecule has 0 radical (unpaired) electrons. The zero-order chi connectivity index (χ0) is 20.7. The summed E-state index contributed by atoms with van der Waals surface area (Å²) in [5, 5.41) is 0. The maximum Gasteiger partial charge on any atom is 0.189 e. The van der Waals surface area contributed by atoms with Gasteiger partial charge < -0.3 is 24.7 Å². The van der Waals surface area contributed by atoms with Gasteiger partial charge in [-0.2, -0.15) is 0 Å². The first kappa shape index (κ1) is 21.2. The van der Waals surface area contributed by atoms with Crippen molar-refractivity contribution in [2.24, 2.45) is 0 Å². The molecular weight excluding hydrogens is 358 g/mol. The number of nitrogens with two attached hydrogens (primary N) is 1. The Labute approximate surface area is 165 Å². The smallest absolute Gasteiger partial charge is 0.189 e. The van der Waals surface area contributed by atoms with Gasteiger partial charge in [-0.15, -0.1) is 0 Å². The Morgan fingerprint density at radius 2 is 1.68 bits per heavy atom. The van der Waals surface area contributed by atoms with Gasteiger partial charge in [0, 0.05) is 22.8 Å². The number of ketones is 1. The summed E-state index contributed by atoms with van der Waals surface area (Å²) in [7, 11) is 6.22. The molecule has 0 aliphatic rings. The summed E-state index contributed by atoms with van der Waals surface area (Å²) < 4.78 is 21.5. The van der Waals surface area contributed by atoms with Crippen LogP contribution in [0.1, 0.15) is 35.7 Å². The normalized spacial score (nSPS) is 11.1. The van der Waals surface area contributed by atoms with Crippen LogP contribution in [0.4, 0.5) is 5.69 Å². The van der Waals surface area contributed by atoms with E-state index < -0.39 is 0 Å². The van der Waals surface area contributed by atoms with Gasteiger partial charge in [-0.25, -0.2) is 0 Å². The van der Waals surface area contributed by atoms with Crippen molar-refractivity contribution in [3.63, 3.8) is 0 Å². The summed E-state index contributed by atoms with van der Waals surface area (Å²) in [5.74, 6) is 2.07. The van der Waals surface area contributed by atoms with Crippen LogP contribution in [0.15, 0.2) is 35.9 Å². The number of carbonyl (C=O) groups is 1. The van der Waals surface area contributed by atoms with E-state index in [-0.39, 0.29) is 5.78 Å². The summed E-state index contributed by atoms with van der Waals surface area (Å²) in [6.45, 7) is 2.02. The second-order valence-corrected chi connectivity index (χ2v) is 6.16. The lowest BCUT2D eigenvalue weighted by Crippen LogP contribution is -2.05. The number of hydrogen-bond acceptors (Lipinski definition) is 6. The van der Waals surface area contributed by atoms with Gasteiger partial charge in [0.2, 0.25) is 0 Å². The minimum Gasteiger partial charge on any atom is -0.497 e. The van der Waals surface area contributed by atoms with Crippen LogP contribution in [0.2, 0.25) is 0 Å². The molecule has 6 heteroatoms. The Bertz CT molecular complexity index is 873. The molecule has 28 heavy (non-hydrogen) atoms. The molecule has 0 amide bonds. The van der Waals surface area contributed by atoms with Gasteiger partial charge in [-0.3, -0.25) is 4.79 Å². The first-order valence-corrected chi connectivity index (χ1v) is 8.97. The van der Waals surface area contributed by atoms with Crippen molar-refractivity contribution >= 4 is 17.5 Å². The van der Waals surface area contributed by atoms with Crippen LogP contribution in [0.25, 0.3) is 6.08 Å². The predicted octanol–water partition coefficient (Wildman–Crippen LogP) is 4.37. The molecule has 2 rings (SSSR count). The van der Waals surface area contributed by atoms with Crippen molar-refractivity contribution in [2.75, 3.05) is 34.2 Å². The largest absolute Gasteiger partial charge is 0.497 e. The van der Waals surface area contributed by atoms with Gasteiger partial charge in [-0.1, -0.05) is 13.3 Å². The summed E-state index contributed by atoms with van der Waals surface area (Å²) in [6, 6.07) is 8.58. The fourth-order valence-electron chi connectivity index (χ4n) is 2.94. The van der Waals surface area contributed by atoms with Gasteiger partial charge in [0.05, 0.1) is 34.1 Å². The van der Waals surface area contributed by atoms with E-state index in [1.165, 1.54) is 7.11 Å². The number of Topliss-reactive ketones (excluding diaryl/α,β-unsaturated/α-hetero) is 1. The fraction of sp³-hybridized carbons (Fsp3) is 0.318. The van der Waals surface area contributed by atoms with E-state index in [4.69, 9.17) is 24.7 Å². The molecule has 0 aromatic heterocycles. The lowest BCUT2D eigenvalue weighted by molar-refractivity contribution is 0.103. The molecule has 0 bridgehead atoms. The second-order valence-electron chi connectivity index (χ2n) is 6.16. The molecule has 0 unspecified atom stereocenters. The number of ether oxygens (including phenoxy) is 4. The quantitative estimate of drug-likeness (QED) is 0.392. The van der Waals surface area contributed by atoms with Crippen LogP contribution in [-0.4, -0.2) is 34.2 Å². The van der Waals surface area contributed by atoms with Gasteiger partial charge in [0.25, 0.3) is 0 Å². The lowest BCUT2D eigenvalue weighted by atomic mass is 9.96. The third-order valence-electron chi connectivity index (χ3n) is 4.35. The molecule has 0 atom stereocenters. The Kier molecular flexibility index (Phi) is 7.32. The highest BCUT2D eigenvalue weighted by atomic mass is 16.5. The van der Waals surface area contributed by atoms with Crippen LogP contribution >= 0.6 is 0 Å². The van der Waals surface area contributed by atoms with Gasteiger partial charge in [0.15, 0.2) is 17.3 Å². The molecule has 2 aromatic rings. The SMILES string of the molecule is CCC/C(=C\c1cc(OC)cc(OC)c1OC)C(=O)c1ccc(N)c(OC)c1. The molecule has 0 aliphatic heterocycles. The van der Waals surface area contributed by atoms with Crippen molar-refractivity contribution in [1.29, 1.82) is 0 Å². The molecule has 6 nitrogen and oxygen atoms in total. The summed E-state index contributed by atoms with van der Waals surface area (Å²) >= 11 is 0. The van der Waals surface area contributed by atoms with Crippen molar-refractivity contribution in [3.8, 4) is 23.0 Å². The number of carbonyl (C=O) groups excluding carboxylic acids is 1. The Balaban J connectivity index is 2.57. The van der Waals surface area contributed by atoms with Crippen LogP contribution < -0.4 is 24.7 Å². The highest BCUT2D eigenvalue weighted by Crippen LogP contribution is 2.37. The second kappa shape index (κ2) is 9.69. The molecule has 2 aromatic carbocycles. The number of rotatable bonds is 9. The van der Waals surface area contributed by atoms with E-state index in [1.54, 1.807) is 45.6 Å². The number of nitrogen functional groups attached to an aromatic ring is 1. The highest BCUT2D eigenvalue weighted by molar-refractivity contribution is 6.11. The maximum absolute atomic E-state index is 13.2. The number of benzene rings is 2. The lowest BCUT2D eigenvalue weighted by Gasteiger charge is -2.14. The fourth-order valence-corrected chi connectivity index (χ4v) is 2.94. The first-order valence-electron chi connectivity index (χ1n) is 8.97. The minimum absolute atomic E-state index is 0.0935. The van der Waals surface area contributed by atoms with E-state index in [2.05, 4.69) is 0 Å². The van der Waals surface area contributed by atoms with Gasteiger partial charge >= 0.3 is 0 Å². The van der Waals surface area contributed by atoms with E-state index in [1.807, 2.05) is 19.1 Å². The number of methoxy groups -OCH3 is 4. The van der Waals surface area contributed by atoms with Crippen molar-refractivity contribution in [1.82, 2.24) is 0 Å². The number of hydrogen-bond donors (Lipinski definition) is 1. The van der Waals surface area contributed by atoms with Crippen molar-refractivity contribution in [2.45, 2.75) is 19.8 Å². The van der Waals surface area contributed by atoms with E-state index in [0.29, 0.717) is 51.8 Å². The van der Waals surface area contributed by atoms with Crippen molar-refractivity contribution < 1.29 is 23.7 Å². The van der Waals surface area contributed by atoms with Crippen molar-refractivity contribution in [3.05, 3.63) is 47.0 Å². The average Bonchev–Trinajstić information content (AvgIpc) is 2.72. The molecule has 0 saturated heterocycles. The minimum atomic E-state index is -0.0935. The summed E-state index contributed by atoms with van der Waals surface area (Å²) in [5.41, 5.74) is 8.21. The average molecular weight is 385 g/mol. The van der Waals surface area contributed by atoms with E-state index >= 15 is 0 Å². The molecule has 0 spiro atoms. The number of allylic oxidation sites excluding steroid dienone is 1.